The molecule has 0 saturated heterocycles. The van der Waals surface area contributed by atoms with Gasteiger partial charge in [-0.25, -0.2) is 0 Å². The molecule has 1 aliphatic rings. The Kier molecular flexibility index (Phi) is 7.56. The van der Waals surface area contributed by atoms with Crippen LogP contribution in [0.25, 0.3) is 0 Å². The Hall–Kier alpha value is -1.56. The number of carbonyl (C=O) groups is 1. The fourth-order valence-corrected chi connectivity index (χ4v) is 3.31. The van der Waals surface area contributed by atoms with Crippen LogP contribution < -0.4 is 16.0 Å². The van der Waals surface area contributed by atoms with E-state index < -0.39 is 0 Å². The monoisotopic (exact) mass is 394 g/mol. The standard InChI is InChI=1S/C18H27BrN4O/c1-3-20-18(22-15-6-4-5-7-15)21-11-10-17(24)23-16-9-8-14(19)12-13(16)2/h8-9,12,15H,3-7,10-11H2,1-2H3,(H,23,24)(H2,20,21,22). The Labute approximate surface area is 152 Å². The van der Waals surface area contributed by atoms with E-state index >= 15 is 0 Å². The number of carbonyl (C=O) groups excluding carboxylic acids is 1. The van der Waals surface area contributed by atoms with Gasteiger partial charge in [-0.15, -0.1) is 0 Å². The van der Waals surface area contributed by atoms with Crippen molar-refractivity contribution in [2.45, 2.75) is 52.0 Å². The summed E-state index contributed by atoms with van der Waals surface area (Å²) in [6, 6.07) is 6.34. The van der Waals surface area contributed by atoms with E-state index in [-0.39, 0.29) is 5.91 Å². The molecule has 0 spiro atoms. The number of halogens is 1. The van der Waals surface area contributed by atoms with Gasteiger partial charge in [0.15, 0.2) is 5.96 Å². The smallest absolute Gasteiger partial charge is 0.226 e. The molecule has 132 valence electrons. The minimum atomic E-state index is -0.0131. The molecule has 1 fully saturated rings. The van der Waals surface area contributed by atoms with E-state index in [0.29, 0.717) is 19.0 Å². The highest BCUT2D eigenvalue weighted by Gasteiger charge is 2.15. The molecule has 1 aliphatic carbocycles. The highest BCUT2D eigenvalue weighted by Crippen LogP contribution is 2.20. The normalized spacial score (nSPS) is 15.4. The molecule has 1 aromatic carbocycles. The van der Waals surface area contributed by atoms with Crippen LogP contribution in [-0.4, -0.2) is 31.0 Å². The van der Waals surface area contributed by atoms with E-state index in [1.54, 1.807) is 0 Å². The summed E-state index contributed by atoms with van der Waals surface area (Å²) in [5.41, 5.74) is 1.89. The maximum Gasteiger partial charge on any atom is 0.226 e. The Morgan fingerprint density at radius 2 is 2.08 bits per heavy atom. The average Bonchev–Trinajstić information content (AvgIpc) is 3.03. The summed E-state index contributed by atoms with van der Waals surface area (Å²) in [6.45, 7) is 5.33. The average molecular weight is 395 g/mol. The van der Waals surface area contributed by atoms with Crippen molar-refractivity contribution in [2.24, 2.45) is 4.99 Å². The van der Waals surface area contributed by atoms with Gasteiger partial charge in [0.2, 0.25) is 5.91 Å². The summed E-state index contributed by atoms with van der Waals surface area (Å²) < 4.78 is 1.01. The molecule has 3 N–H and O–H groups in total. The van der Waals surface area contributed by atoms with Crippen molar-refractivity contribution in [3.63, 3.8) is 0 Å². The van der Waals surface area contributed by atoms with Gasteiger partial charge < -0.3 is 16.0 Å². The van der Waals surface area contributed by atoms with E-state index in [0.717, 1.165) is 28.2 Å². The van der Waals surface area contributed by atoms with Crippen molar-refractivity contribution in [2.75, 3.05) is 18.4 Å². The molecular weight excluding hydrogens is 368 g/mol. The molecule has 0 aliphatic heterocycles. The first kappa shape index (κ1) is 18.8. The van der Waals surface area contributed by atoms with Gasteiger partial charge in [0.25, 0.3) is 0 Å². The lowest BCUT2D eigenvalue weighted by Crippen LogP contribution is -2.42. The van der Waals surface area contributed by atoms with Crippen LogP contribution in [-0.2, 0) is 4.79 Å². The third kappa shape index (κ3) is 6.15. The number of guanidine groups is 1. The van der Waals surface area contributed by atoms with E-state index in [1.165, 1.54) is 25.7 Å². The van der Waals surface area contributed by atoms with Crippen LogP contribution in [0.4, 0.5) is 5.69 Å². The van der Waals surface area contributed by atoms with Crippen LogP contribution in [0.1, 0.15) is 44.6 Å². The van der Waals surface area contributed by atoms with Gasteiger partial charge in [-0.1, -0.05) is 28.8 Å². The fourth-order valence-electron chi connectivity index (χ4n) is 2.83. The number of benzene rings is 1. The highest BCUT2D eigenvalue weighted by atomic mass is 79.9. The lowest BCUT2D eigenvalue weighted by molar-refractivity contribution is -0.116. The van der Waals surface area contributed by atoms with Gasteiger partial charge in [-0.05, 0) is 50.5 Å². The first-order valence-electron chi connectivity index (χ1n) is 8.69. The molecule has 0 bridgehead atoms. The zero-order valence-corrected chi connectivity index (χ0v) is 16.1. The summed E-state index contributed by atoms with van der Waals surface area (Å²) in [7, 11) is 0. The second kappa shape index (κ2) is 9.67. The SMILES string of the molecule is CCNC(=NCCC(=O)Nc1ccc(Br)cc1C)NC1CCCC1. The van der Waals surface area contributed by atoms with Gasteiger partial charge in [0, 0.05) is 29.2 Å². The second-order valence-corrected chi connectivity index (χ2v) is 7.06. The molecule has 0 aromatic heterocycles. The Balaban J connectivity index is 1.81. The van der Waals surface area contributed by atoms with Crippen molar-refractivity contribution < 1.29 is 4.79 Å². The van der Waals surface area contributed by atoms with Crippen molar-refractivity contribution in [1.29, 1.82) is 0 Å². The summed E-state index contributed by atoms with van der Waals surface area (Å²) in [4.78, 5) is 16.6. The van der Waals surface area contributed by atoms with E-state index in [1.807, 2.05) is 25.1 Å². The number of rotatable bonds is 6. The van der Waals surface area contributed by atoms with E-state index in [2.05, 4.69) is 43.8 Å². The molecular formula is C18H27BrN4O. The number of hydrogen-bond acceptors (Lipinski definition) is 2. The van der Waals surface area contributed by atoms with Crippen molar-refractivity contribution in [1.82, 2.24) is 10.6 Å². The number of aryl methyl sites for hydroxylation is 1. The predicted molar refractivity (Wildman–Crippen MR) is 103 cm³/mol. The molecule has 24 heavy (non-hydrogen) atoms. The van der Waals surface area contributed by atoms with Crippen LogP contribution >= 0.6 is 15.9 Å². The van der Waals surface area contributed by atoms with Crippen molar-refractivity contribution in [3.05, 3.63) is 28.2 Å². The zero-order valence-electron chi connectivity index (χ0n) is 14.5. The summed E-state index contributed by atoms with van der Waals surface area (Å²) >= 11 is 3.43. The number of nitrogens with one attached hydrogen (secondary N) is 3. The minimum Gasteiger partial charge on any atom is -0.357 e. The lowest BCUT2D eigenvalue weighted by atomic mass is 10.2. The van der Waals surface area contributed by atoms with Crippen LogP contribution in [0.5, 0.6) is 0 Å². The summed E-state index contributed by atoms with van der Waals surface area (Å²) in [5.74, 6) is 0.804. The third-order valence-corrected chi connectivity index (χ3v) is 4.60. The lowest BCUT2D eigenvalue weighted by Gasteiger charge is -2.16. The van der Waals surface area contributed by atoms with Gasteiger partial charge >= 0.3 is 0 Å². The Bertz CT molecular complexity index is 582. The van der Waals surface area contributed by atoms with Crippen molar-refractivity contribution in [3.8, 4) is 0 Å². The predicted octanol–water partition coefficient (Wildman–Crippen LogP) is 3.58. The zero-order chi connectivity index (χ0) is 17.4. The quantitative estimate of drug-likeness (QED) is 0.510. The molecule has 1 aromatic rings. The number of hydrogen-bond donors (Lipinski definition) is 3. The molecule has 1 amide bonds. The number of anilines is 1. The van der Waals surface area contributed by atoms with Gasteiger partial charge in [0.05, 0.1) is 6.54 Å². The summed E-state index contributed by atoms with van der Waals surface area (Å²) in [5, 5.41) is 9.65. The van der Waals surface area contributed by atoms with Crippen molar-refractivity contribution >= 4 is 33.5 Å². The molecule has 0 heterocycles. The van der Waals surface area contributed by atoms with Crippen LogP contribution in [0.15, 0.2) is 27.7 Å². The Morgan fingerprint density at radius 1 is 1.33 bits per heavy atom. The first-order valence-corrected chi connectivity index (χ1v) is 9.48. The molecule has 0 atom stereocenters. The fraction of sp³-hybridized carbons (Fsp3) is 0.556. The van der Waals surface area contributed by atoms with Gasteiger partial charge in [0.1, 0.15) is 0 Å². The number of nitrogens with zero attached hydrogens (tertiary/aromatic N) is 1. The van der Waals surface area contributed by atoms with Gasteiger partial charge in [-0.3, -0.25) is 9.79 Å². The Morgan fingerprint density at radius 3 is 2.75 bits per heavy atom. The van der Waals surface area contributed by atoms with E-state index in [4.69, 9.17) is 0 Å². The van der Waals surface area contributed by atoms with Crippen LogP contribution in [0.2, 0.25) is 0 Å². The molecule has 6 heteroatoms. The largest absolute Gasteiger partial charge is 0.357 e. The first-order chi connectivity index (χ1) is 11.6. The molecule has 1 saturated carbocycles. The molecule has 0 radical (unpaired) electrons. The molecule has 0 unspecified atom stereocenters. The maximum atomic E-state index is 12.1. The summed E-state index contributed by atoms with van der Waals surface area (Å²) in [6.07, 6.45) is 5.34. The van der Waals surface area contributed by atoms with Crippen LogP contribution in [0, 0.1) is 6.92 Å². The number of aliphatic imine (C=N–C) groups is 1. The molecule has 2 rings (SSSR count). The molecule has 5 nitrogen and oxygen atoms in total. The maximum absolute atomic E-state index is 12.1. The second-order valence-electron chi connectivity index (χ2n) is 6.14. The van der Waals surface area contributed by atoms with Gasteiger partial charge in [-0.2, -0.15) is 0 Å². The van der Waals surface area contributed by atoms with E-state index in [9.17, 15) is 4.79 Å². The highest BCUT2D eigenvalue weighted by molar-refractivity contribution is 9.10. The number of amides is 1. The minimum absolute atomic E-state index is 0.0131. The third-order valence-electron chi connectivity index (χ3n) is 4.11. The van der Waals surface area contributed by atoms with Crippen LogP contribution in [0.3, 0.4) is 0 Å². The topological polar surface area (TPSA) is 65.5 Å².